The van der Waals surface area contributed by atoms with Crippen LogP contribution < -0.4 is 25.7 Å². The third-order valence-corrected chi connectivity index (χ3v) is 5.02. The van der Waals surface area contributed by atoms with Crippen LogP contribution in [0.15, 0.2) is 47.3 Å². The van der Waals surface area contributed by atoms with Crippen molar-refractivity contribution in [3.8, 4) is 11.5 Å². The highest BCUT2D eigenvalue weighted by atomic mass is 16.7. The van der Waals surface area contributed by atoms with Crippen LogP contribution in [0.4, 0.5) is 5.69 Å². The van der Waals surface area contributed by atoms with Gasteiger partial charge in [-0.25, -0.2) is 0 Å². The lowest BCUT2D eigenvalue weighted by Crippen LogP contribution is -2.30. The van der Waals surface area contributed by atoms with E-state index in [2.05, 4.69) is 15.6 Å². The number of nitrogens with one attached hydrogen (secondary N) is 3. The first kappa shape index (κ1) is 20.5. The van der Waals surface area contributed by atoms with E-state index >= 15 is 0 Å². The van der Waals surface area contributed by atoms with Crippen molar-refractivity contribution in [1.82, 2.24) is 10.3 Å². The number of rotatable bonds is 7. The summed E-state index contributed by atoms with van der Waals surface area (Å²) < 4.78 is 10.7. The Morgan fingerprint density at radius 2 is 1.94 bits per heavy atom. The van der Waals surface area contributed by atoms with Crippen molar-refractivity contribution < 1.29 is 19.1 Å². The van der Waals surface area contributed by atoms with Gasteiger partial charge in [0.25, 0.3) is 11.5 Å². The van der Waals surface area contributed by atoms with E-state index in [4.69, 9.17) is 9.47 Å². The molecular weight excluding hydrogens is 398 g/mol. The van der Waals surface area contributed by atoms with Gasteiger partial charge in [0, 0.05) is 18.4 Å². The van der Waals surface area contributed by atoms with E-state index < -0.39 is 11.5 Å². The third-order valence-electron chi connectivity index (χ3n) is 5.02. The summed E-state index contributed by atoms with van der Waals surface area (Å²) in [5.74, 6) is 0.781. The summed E-state index contributed by atoms with van der Waals surface area (Å²) in [5, 5.41) is 6.19. The molecule has 8 nitrogen and oxygen atoms in total. The molecule has 3 aromatic rings. The summed E-state index contributed by atoms with van der Waals surface area (Å²) in [4.78, 5) is 39.9. The van der Waals surface area contributed by atoms with E-state index in [1.54, 1.807) is 18.2 Å². The van der Waals surface area contributed by atoms with E-state index in [9.17, 15) is 14.4 Å². The number of aromatic nitrogens is 1. The van der Waals surface area contributed by atoms with Crippen LogP contribution >= 0.6 is 0 Å². The van der Waals surface area contributed by atoms with Gasteiger partial charge in [0.2, 0.25) is 12.7 Å². The maximum atomic E-state index is 12.6. The number of fused-ring (bicyclic) bond motifs is 2. The molecule has 1 aromatic heterocycles. The van der Waals surface area contributed by atoms with Gasteiger partial charge in [-0.3, -0.25) is 14.4 Å². The molecule has 31 heavy (non-hydrogen) atoms. The Hall–Kier alpha value is -3.81. The number of H-pyrrole nitrogens is 1. The Morgan fingerprint density at radius 1 is 1.10 bits per heavy atom. The predicted molar refractivity (Wildman–Crippen MR) is 117 cm³/mol. The molecule has 2 aromatic carbocycles. The Morgan fingerprint density at radius 3 is 2.77 bits per heavy atom. The maximum absolute atomic E-state index is 12.6. The number of aromatic amines is 1. The van der Waals surface area contributed by atoms with Crippen molar-refractivity contribution in [1.29, 1.82) is 0 Å². The van der Waals surface area contributed by atoms with E-state index in [0.29, 0.717) is 41.1 Å². The van der Waals surface area contributed by atoms with Crippen molar-refractivity contribution in [2.45, 2.75) is 26.2 Å². The zero-order valence-corrected chi connectivity index (χ0v) is 17.1. The van der Waals surface area contributed by atoms with Gasteiger partial charge in [-0.2, -0.15) is 0 Å². The number of hydrogen-bond acceptors (Lipinski definition) is 5. The molecule has 1 aliphatic heterocycles. The average molecular weight is 421 g/mol. The smallest absolute Gasteiger partial charge is 0.261 e. The second-order valence-corrected chi connectivity index (χ2v) is 7.27. The molecule has 0 unspecified atom stereocenters. The van der Waals surface area contributed by atoms with Gasteiger partial charge >= 0.3 is 0 Å². The minimum Gasteiger partial charge on any atom is -0.454 e. The summed E-state index contributed by atoms with van der Waals surface area (Å²) in [6.45, 7) is 2.62. The van der Waals surface area contributed by atoms with Crippen LogP contribution in [0, 0.1) is 0 Å². The Labute approximate surface area is 178 Å². The predicted octanol–water partition coefficient (Wildman–Crippen LogP) is 2.97. The average Bonchev–Trinajstić information content (AvgIpc) is 3.23. The standard InChI is InChI=1S/C23H23N3O5/c1-2-10-24-22(28)16-12-15-17(4-3-5-18(15)26-23(16)29)25-21(27)9-7-14-6-8-19-20(11-14)31-13-30-19/h3-6,8,11-12H,2,7,9-10,13H2,1H3,(H,24,28)(H,25,27)(H,26,29). The Balaban J connectivity index is 1.50. The lowest BCUT2D eigenvalue weighted by Gasteiger charge is -2.10. The fourth-order valence-electron chi connectivity index (χ4n) is 3.41. The highest BCUT2D eigenvalue weighted by molar-refractivity contribution is 6.04. The van der Waals surface area contributed by atoms with Crippen LogP contribution in [0.3, 0.4) is 0 Å². The van der Waals surface area contributed by atoms with Crippen molar-refractivity contribution in [2.75, 3.05) is 18.7 Å². The first-order valence-corrected chi connectivity index (χ1v) is 10.2. The molecule has 0 aliphatic carbocycles. The number of hydrogen-bond donors (Lipinski definition) is 3. The van der Waals surface area contributed by atoms with Gasteiger partial charge in [0.1, 0.15) is 5.56 Å². The van der Waals surface area contributed by atoms with Gasteiger partial charge in [-0.05, 0) is 48.7 Å². The highest BCUT2D eigenvalue weighted by Crippen LogP contribution is 2.32. The van der Waals surface area contributed by atoms with Crippen molar-refractivity contribution in [2.24, 2.45) is 0 Å². The SMILES string of the molecule is CCCNC(=O)c1cc2c(NC(=O)CCc3ccc4c(c3)OCO4)cccc2[nH]c1=O. The quantitative estimate of drug-likeness (QED) is 0.543. The zero-order valence-electron chi connectivity index (χ0n) is 17.1. The van der Waals surface area contributed by atoms with E-state index in [0.717, 1.165) is 12.0 Å². The summed E-state index contributed by atoms with van der Waals surface area (Å²) in [7, 11) is 0. The first-order chi connectivity index (χ1) is 15.0. The minimum absolute atomic E-state index is 0.0167. The molecule has 0 fully saturated rings. The van der Waals surface area contributed by atoms with Crippen LogP contribution in [0.25, 0.3) is 10.9 Å². The molecule has 2 heterocycles. The fraction of sp³-hybridized carbons (Fsp3) is 0.261. The largest absolute Gasteiger partial charge is 0.454 e. The van der Waals surface area contributed by atoms with Gasteiger partial charge in [-0.1, -0.05) is 19.1 Å². The number of ether oxygens (including phenoxy) is 2. The lowest BCUT2D eigenvalue weighted by atomic mass is 10.1. The van der Waals surface area contributed by atoms with Gasteiger partial charge < -0.3 is 25.1 Å². The monoisotopic (exact) mass is 421 g/mol. The number of pyridine rings is 1. The lowest BCUT2D eigenvalue weighted by molar-refractivity contribution is -0.116. The molecule has 0 radical (unpaired) electrons. The van der Waals surface area contributed by atoms with Gasteiger partial charge in [-0.15, -0.1) is 0 Å². The van der Waals surface area contributed by atoms with E-state index in [1.165, 1.54) is 6.07 Å². The number of anilines is 1. The molecule has 3 N–H and O–H groups in total. The zero-order chi connectivity index (χ0) is 21.8. The van der Waals surface area contributed by atoms with E-state index in [-0.39, 0.29) is 24.7 Å². The molecule has 0 atom stereocenters. The normalized spacial score (nSPS) is 12.0. The molecule has 4 rings (SSSR count). The molecule has 0 saturated carbocycles. The molecule has 2 amide bonds. The third kappa shape index (κ3) is 4.53. The summed E-state index contributed by atoms with van der Waals surface area (Å²) in [5.41, 5.74) is 1.60. The molecule has 0 saturated heterocycles. The highest BCUT2D eigenvalue weighted by Gasteiger charge is 2.15. The molecule has 0 spiro atoms. The number of aryl methyl sites for hydroxylation is 1. The summed E-state index contributed by atoms with van der Waals surface area (Å²) >= 11 is 0. The number of benzene rings is 2. The Bertz CT molecular complexity index is 1200. The number of carbonyl (C=O) groups excluding carboxylic acids is 2. The van der Waals surface area contributed by atoms with Crippen LogP contribution in [-0.2, 0) is 11.2 Å². The van der Waals surface area contributed by atoms with Gasteiger partial charge in [0.05, 0.1) is 11.2 Å². The second-order valence-electron chi connectivity index (χ2n) is 7.27. The molecule has 8 heteroatoms. The topological polar surface area (TPSA) is 110 Å². The fourth-order valence-corrected chi connectivity index (χ4v) is 3.41. The maximum Gasteiger partial charge on any atom is 0.261 e. The Kier molecular flexibility index (Phi) is 5.88. The van der Waals surface area contributed by atoms with Gasteiger partial charge in [0.15, 0.2) is 11.5 Å². The summed E-state index contributed by atoms with van der Waals surface area (Å²) in [6, 6.07) is 12.3. The van der Waals surface area contributed by atoms with Crippen LogP contribution in [0.5, 0.6) is 11.5 Å². The van der Waals surface area contributed by atoms with E-state index in [1.807, 2.05) is 25.1 Å². The molecular formula is C23H23N3O5. The van der Waals surface area contributed by atoms with Crippen LogP contribution in [-0.4, -0.2) is 30.1 Å². The molecule has 160 valence electrons. The van der Waals surface area contributed by atoms with Crippen molar-refractivity contribution >= 4 is 28.4 Å². The summed E-state index contributed by atoms with van der Waals surface area (Å²) in [6.07, 6.45) is 1.57. The first-order valence-electron chi connectivity index (χ1n) is 10.2. The van der Waals surface area contributed by atoms with Crippen LogP contribution in [0.2, 0.25) is 0 Å². The van der Waals surface area contributed by atoms with Crippen molar-refractivity contribution in [3.63, 3.8) is 0 Å². The van der Waals surface area contributed by atoms with Crippen molar-refractivity contribution in [3.05, 3.63) is 63.9 Å². The molecule has 0 bridgehead atoms. The second kappa shape index (κ2) is 8.91. The number of carbonyl (C=O) groups is 2. The number of amides is 2. The molecule has 1 aliphatic rings. The minimum atomic E-state index is -0.465. The van der Waals surface area contributed by atoms with Crippen LogP contribution in [0.1, 0.15) is 35.7 Å².